The average Bonchev–Trinajstić information content (AvgIpc) is 3.64. The first-order valence-electron chi connectivity index (χ1n) is 14.8. The molecule has 0 aliphatic carbocycles. The first-order chi connectivity index (χ1) is 21.1. The fraction of sp³-hybridized carbons (Fsp3) is 0.324. The van der Waals surface area contributed by atoms with Crippen molar-refractivity contribution in [3.05, 3.63) is 84.2 Å². The van der Waals surface area contributed by atoms with Gasteiger partial charge in [0.15, 0.2) is 0 Å². The SMILES string of the molecule is CCOC(=O)Cc1ccccc1OCc1nn(C2CCN(CCOC)C2)c2ccc(-c3cccc4c(N)nccc34)cc12. The number of likely N-dealkylation sites (tertiary alicyclic amines) is 1. The predicted octanol–water partition coefficient (Wildman–Crippen LogP) is 5.41. The summed E-state index contributed by atoms with van der Waals surface area (Å²) in [4.78, 5) is 18.9. The molecular formula is C34H37N5O4. The Kier molecular flexibility index (Phi) is 8.53. The summed E-state index contributed by atoms with van der Waals surface area (Å²) in [6, 6.07) is 22.5. The highest BCUT2D eigenvalue weighted by molar-refractivity contribution is 6.02. The van der Waals surface area contributed by atoms with Crippen molar-refractivity contribution >= 4 is 33.5 Å². The van der Waals surface area contributed by atoms with Crippen molar-refractivity contribution in [2.24, 2.45) is 0 Å². The van der Waals surface area contributed by atoms with Gasteiger partial charge < -0.3 is 19.9 Å². The number of hydrogen-bond acceptors (Lipinski definition) is 8. The number of pyridine rings is 1. The first kappa shape index (κ1) is 28.6. The zero-order valence-electron chi connectivity index (χ0n) is 24.7. The van der Waals surface area contributed by atoms with Crippen LogP contribution in [-0.4, -0.2) is 65.6 Å². The lowest BCUT2D eigenvalue weighted by Gasteiger charge is -2.16. The largest absolute Gasteiger partial charge is 0.487 e. The van der Waals surface area contributed by atoms with Gasteiger partial charge in [-0.25, -0.2) is 4.98 Å². The number of nitrogens with two attached hydrogens (primary N) is 1. The van der Waals surface area contributed by atoms with Gasteiger partial charge in [0.2, 0.25) is 0 Å². The van der Waals surface area contributed by atoms with Gasteiger partial charge in [-0.2, -0.15) is 5.10 Å². The van der Waals surface area contributed by atoms with Crippen LogP contribution < -0.4 is 10.5 Å². The number of aromatic nitrogens is 3. The quantitative estimate of drug-likeness (QED) is 0.207. The maximum absolute atomic E-state index is 12.2. The summed E-state index contributed by atoms with van der Waals surface area (Å²) in [5.41, 5.74) is 11.1. The average molecular weight is 580 g/mol. The van der Waals surface area contributed by atoms with Crippen molar-refractivity contribution in [2.45, 2.75) is 32.4 Å². The van der Waals surface area contributed by atoms with Crippen LogP contribution in [0.2, 0.25) is 0 Å². The zero-order chi connectivity index (χ0) is 29.8. The first-order valence-corrected chi connectivity index (χ1v) is 14.8. The molecule has 1 fully saturated rings. The zero-order valence-corrected chi connectivity index (χ0v) is 24.7. The number of nitrogen functional groups attached to an aromatic ring is 1. The number of benzene rings is 3. The molecule has 0 radical (unpaired) electrons. The molecular weight excluding hydrogens is 542 g/mol. The third-order valence-corrected chi connectivity index (χ3v) is 8.11. The van der Waals surface area contributed by atoms with E-state index in [9.17, 15) is 4.79 Å². The second-order valence-corrected chi connectivity index (χ2v) is 10.8. The van der Waals surface area contributed by atoms with Gasteiger partial charge in [-0.05, 0) is 54.1 Å². The van der Waals surface area contributed by atoms with Crippen molar-refractivity contribution in [1.82, 2.24) is 19.7 Å². The van der Waals surface area contributed by atoms with Crippen LogP contribution >= 0.6 is 0 Å². The van der Waals surface area contributed by atoms with Crippen LogP contribution in [0.25, 0.3) is 32.8 Å². The molecule has 1 unspecified atom stereocenters. The van der Waals surface area contributed by atoms with Crippen LogP contribution in [0.5, 0.6) is 5.75 Å². The molecule has 43 heavy (non-hydrogen) atoms. The fourth-order valence-corrected chi connectivity index (χ4v) is 5.98. The number of ether oxygens (including phenoxy) is 3. The molecule has 9 heteroatoms. The van der Waals surface area contributed by atoms with Crippen LogP contribution in [0.4, 0.5) is 5.82 Å². The maximum atomic E-state index is 12.2. The molecule has 2 N–H and O–H groups in total. The topological polar surface area (TPSA) is 105 Å². The van der Waals surface area contributed by atoms with E-state index in [2.05, 4.69) is 38.8 Å². The van der Waals surface area contributed by atoms with Crippen molar-refractivity contribution < 1.29 is 19.0 Å². The molecule has 0 bridgehead atoms. The number of para-hydroxylation sites is 1. The van der Waals surface area contributed by atoms with Crippen LogP contribution in [0.3, 0.4) is 0 Å². The normalized spacial score (nSPS) is 15.3. The maximum Gasteiger partial charge on any atom is 0.310 e. The molecule has 1 atom stereocenters. The van der Waals surface area contributed by atoms with Crippen LogP contribution in [-0.2, 0) is 27.3 Å². The lowest BCUT2D eigenvalue weighted by atomic mass is 9.97. The van der Waals surface area contributed by atoms with E-state index in [4.69, 9.17) is 25.0 Å². The Morgan fingerprint density at radius 2 is 1.93 bits per heavy atom. The number of anilines is 1. The molecule has 5 aromatic rings. The number of fused-ring (bicyclic) bond motifs is 2. The third-order valence-electron chi connectivity index (χ3n) is 8.11. The highest BCUT2D eigenvalue weighted by Crippen LogP contribution is 2.35. The third kappa shape index (κ3) is 6.04. The van der Waals surface area contributed by atoms with Gasteiger partial charge in [0.05, 0.1) is 31.2 Å². The van der Waals surface area contributed by atoms with E-state index in [1.165, 1.54) is 0 Å². The summed E-state index contributed by atoms with van der Waals surface area (Å²) in [7, 11) is 1.74. The van der Waals surface area contributed by atoms with E-state index in [-0.39, 0.29) is 25.0 Å². The van der Waals surface area contributed by atoms with Gasteiger partial charge in [-0.15, -0.1) is 0 Å². The summed E-state index contributed by atoms with van der Waals surface area (Å²) >= 11 is 0. The minimum Gasteiger partial charge on any atom is -0.487 e. The number of hydrogen-bond donors (Lipinski definition) is 1. The molecule has 0 amide bonds. The number of rotatable bonds is 11. The second kappa shape index (κ2) is 12.8. The number of carbonyl (C=O) groups excluding carboxylic acids is 1. The number of methoxy groups -OCH3 is 1. The summed E-state index contributed by atoms with van der Waals surface area (Å²) < 4.78 is 19.0. The van der Waals surface area contributed by atoms with Crippen molar-refractivity contribution in [2.75, 3.05) is 45.7 Å². The number of esters is 1. The van der Waals surface area contributed by atoms with Crippen LogP contribution in [0, 0.1) is 0 Å². The summed E-state index contributed by atoms with van der Waals surface area (Å²) in [5.74, 6) is 0.893. The fourth-order valence-electron chi connectivity index (χ4n) is 5.98. The highest BCUT2D eigenvalue weighted by atomic mass is 16.5. The van der Waals surface area contributed by atoms with Crippen molar-refractivity contribution in [1.29, 1.82) is 0 Å². The Hall–Kier alpha value is -4.47. The van der Waals surface area contributed by atoms with E-state index in [1.54, 1.807) is 20.2 Å². The van der Waals surface area contributed by atoms with Crippen LogP contribution in [0.1, 0.15) is 30.6 Å². The molecule has 1 aliphatic rings. The Balaban J connectivity index is 1.37. The Bertz CT molecular complexity index is 1750. The van der Waals surface area contributed by atoms with Gasteiger partial charge in [0.25, 0.3) is 0 Å². The van der Waals surface area contributed by atoms with E-state index < -0.39 is 0 Å². The second-order valence-electron chi connectivity index (χ2n) is 10.8. The Morgan fingerprint density at radius 3 is 2.79 bits per heavy atom. The molecule has 9 nitrogen and oxygen atoms in total. The number of carbonyl (C=O) groups is 1. The molecule has 6 rings (SSSR count). The monoisotopic (exact) mass is 579 g/mol. The van der Waals surface area contributed by atoms with E-state index in [1.807, 2.05) is 42.5 Å². The van der Waals surface area contributed by atoms with Crippen molar-refractivity contribution in [3.8, 4) is 16.9 Å². The molecule has 0 saturated carbocycles. The van der Waals surface area contributed by atoms with Gasteiger partial charge in [0, 0.05) is 49.3 Å². The van der Waals surface area contributed by atoms with Gasteiger partial charge in [-0.1, -0.05) is 42.5 Å². The lowest BCUT2D eigenvalue weighted by Crippen LogP contribution is -2.25. The smallest absolute Gasteiger partial charge is 0.310 e. The van der Waals surface area contributed by atoms with E-state index in [0.717, 1.165) is 70.1 Å². The minimum absolute atomic E-state index is 0.155. The summed E-state index contributed by atoms with van der Waals surface area (Å²) in [6.07, 6.45) is 2.92. The predicted molar refractivity (Wildman–Crippen MR) is 168 cm³/mol. The molecule has 222 valence electrons. The highest BCUT2D eigenvalue weighted by Gasteiger charge is 2.27. The lowest BCUT2D eigenvalue weighted by molar-refractivity contribution is -0.142. The van der Waals surface area contributed by atoms with Gasteiger partial charge >= 0.3 is 5.97 Å². The summed E-state index contributed by atoms with van der Waals surface area (Å²) in [5, 5.41) is 8.16. The Labute approximate surface area is 251 Å². The van der Waals surface area contributed by atoms with Gasteiger partial charge in [-0.3, -0.25) is 14.4 Å². The van der Waals surface area contributed by atoms with E-state index >= 15 is 0 Å². The molecule has 1 aliphatic heterocycles. The van der Waals surface area contributed by atoms with Gasteiger partial charge in [0.1, 0.15) is 23.9 Å². The number of nitrogens with zero attached hydrogens (tertiary/aromatic N) is 4. The molecule has 0 spiro atoms. The molecule has 2 aromatic heterocycles. The summed E-state index contributed by atoms with van der Waals surface area (Å²) in [6.45, 7) is 5.96. The molecule has 3 aromatic carbocycles. The van der Waals surface area contributed by atoms with Crippen molar-refractivity contribution in [3.63, 3.8) is 0 Å². The Morgan fingerprint density at radius 1 is 1.05 bits per heavy atom. The standard InChI is InChI=1S/C34H37N5O4/c1-3-42-33(40)20-24-7-4-5-10-32(24)43-22-30-29-19-23(26-8-6-9-28-27(26)13-15-36-34(28)35)11-12-31(29)39(37-30)25-14-16-38(21-25)17-18-41-2/h4-13,15,19,25H,3,14,16-18,20-22H2,1-2H3,(H2,35,36). The van der Waals surface area contributed by atoms with E-state index in [0.29, 0.717) is 24.8 Å². The molecule has 3 heterocycles. The minimum atomic E-state index is -0.275. The van der Waals surface area contributed by atoms with Crippen LogP contribution in [0.15, 0.2) is 72.9 Å². The molecule has 1 saturated heterocycles.